The minimum Gasteiger partial charge on any atom is -0.267 e. The molecule has 4 nitrogen and oxygen atoms in total. The van der Waals surface area contributed by atoms with Crippen molar-refractivity contribution in [1.29, 1.82) is 0 Å². The van der Waals surface area contributed by atoms with Gasteiger partial charge in [-0.3, -0.25) is 4.79 Å². The van der Waals surface area contributed by atoms with Crippen LogP contribution in [0, 0.1) is 0 Å². The molecular formula is C31H21N3O. The maximum Gasteiger partial charge on any atom is 0.272 e. The Morgan fingerprint density at radius 3 is 2.00 bits per heavy atom. The zero-order chi connectivity index (χ0) is 23.6. The molecule has 0 bridgehead atoms. The molecule has 6 rings (SSSR count). The number of pyridine rings is 1. The van der Waals surface area contributed by atoms with E-state index in [1.54, 1.807) is 6.21 Å². The number of hydrogen-bond donors (Lipinski definition) is 1. The first-order valence-electron chi connectivity index (χ1n) is 11.5. The number of aromatic nitrogens is 1. The number of para-hydroxylation sites is 1. The first kappa shape index (κ1) is 20.8. The Hall–Kier alpha value is -4.83. The van der Waals surface area contributed by atoms with Crippen LogP contribution in [0.1, 0.15) is 15.9 Å². The van der Waals surface area contributed by atoms with Crippen LogP contribution in [0.25, 0.3) is 43.7 Å². The first-order valence-corrected chi connectivity index (χ1v) is 11.5. The number of rotatable bonds is 4. The zero-order valence-electron chi connectivity index (χ0n) is 18.8. The van der Waals surface area contributed by atoms with E-state index in [2.05, 4.69) is 40.9 Å². The summed E-state index contributed by atoms with van der Waals surface area (Å²) in [7, 11) is 0. The summed E-state index contributed by atoms with van der Waals surface area (Å²) in [4.78, 5) is 18.1. The second-order valence-corrected chi connectivity index (χ2v) is 8.37. The topological polar surface area (TPSA) is 54.4 Å². The van der Waals surface area contributed by atoms with E-state index in [0.29, 0.717) is 5.56 Å². The lowest BCUT2D eigenvalue weighted by atomic mass is 9.97. The Bertz CT molecular complexity index is 1690. The Labute approximate surface area is 202 Å². The lowest BCUT2D eigenvalue weighted by Crippen LogP contribution is -2.18. The van der Waals surface area contributed by atoms with E-state index < -0.39 is 0 Å². The molecule has 1 amide bonds. The standard InChI is InChI=1S/C31H21N3O/c35-31(27-19-30(21-10-2-1-3-11-21)33-29-17-9-8-16-26(27)29)34-32-20-28-24-14-6-4-12-22(24)18-23-13-5-7-15-25(23)28/h1-20H,(H,34,35). The smallest absolute Gasteiger partial charge is 0.267 e. The van der Waals surface area contributed by atoms with Gasteiger partial charge < -0.3 is 0 Å². The van der Waals surface area contributed by atoms with Crippen LogP contribution in [0.2, 0.25) is 0 Å². The SMILES string of the molecule is O=C(NN=Cc1c2ccccc2cc2ccccc12)c1cc(-c2ccccc2)nc2ccccc12. The quantitative estimate of drug-likeness (QED) is 0.179. The second-order valence-electron chi connectivity index (χ2n) is 8.37. The summed E-state index contributed by atoms with van der Waals surface area (Å²) < 4.78 is 0. The third-order valence-electron chi connectivity index (χ3n) is 6.20. The molecule has 0 saturated carbocycles. The number of benzene rings is 5. The van der Waals surface area contributed by atoms with E-state index in [-0.39, 0.29) is 5.91 Å². The number of carbonyl (C=O) groups is 1. The fourth-order valence-electron chi connectivity index (χ4n) is 4.52. The molecule has 1 N–H and O–H groups in total. The van der Waals surface area contributed by atoms with Crippen LogP contribution in [0.15, 0.2) is 120 Å². The summed E-state index contributed by atoms with van der Waals surface area (Å²) >= 11 is 0. The molecule has 35 heavy (non-hydrogen) atoms. The normalized spacial score (nSPS) is 11.4. The van der Waals surface area contributed by atoms with Gasteiger partial charge in [0.15, 0.2) is 0 Å². The van der Waals surface area contributed by atoms with Crippen molar-refractivity contribution in [3.05, 3.63) is 126 Å². The van der Waals surface area contributed by atoms with Gasteiger partial charge in [-0.1, -0.05) is 97.1 Å². The van der Waals surface area contributed by atoms with Crippen molar-refractivity contribution < 1.29 is 4.79 Å². The predicted molar refractivity (Wildman–Crippen MR) is 144 cm³/mol. The third kappa shape index (κ3) is 3.91. The predicted octanol–water partition coefficient (Wildman–Crippen LogP) is 6.97. The summed E-state index contributed by atoms with van der Waals surface area (Å²) in [5, 5.41) is 9.61. The van der Waals surface area contributed by atoms with Gasteiger partial charge in [0.1, 0.15) is 0 Å². The van der Waals surface area contributed by atoms with Crippen LogP contribution in [0.5, 0.6) is 0 Å². The molecule has 0 unspecified atom stereocenters. The molecule has 0 saturated heterocycles. The number of nitrogens with one attached hydrogen (secondary N) is 1. The summed E-state index contributed by atoms with van der Waals surface area (Å²) in [6.07, 6.45) is 1.74. The summed E-state index contributed by atoms with van der Waals surface area (Å²) in [6, 6.07) is 38.0. The molecule has 1 aromatic heterocycles. The Balaban J connectivity index is 1.39. The average Bonchev–Trinajstić information content (AvgIpc) is 2.92. The van der Waals surface area contributed by atoms with Gasteiger partial charge in [0.05, 0.1) is 23.0 Å². The highest BCUT2D eigenvalue weighted by atomic mass is 16.2. The molecule has 0 radical (unpaired) electrons. The number of hydrogen-bond acceptors (Lipinski definition) is 3. The maximum absolute atomic E-state index is 13.3. The van der Waals surface area contributed by atoms with Gasteiger partial charge in [-0.2, -0.15) is 5.10 Å². The minimum atomic E-state index is -0.276. The van der Waals surface area contributed by atoms with Crippen molar-refractivity contribution in [3.8, 4) is 11.3 Å². The van der Waals surface area contributed by atoms with Crippen molar-refractivity contribution in [1.82, 2.24) is 10.4 Å². The van der Waals surface area contributed by atoms with E-state index in [1.165, 1.54) is 0 Å². The van der Waals surface area contributed by atoms with Crippen LogP contribution in [0.3, 0.4) is 0 Å². The molecule has 1 heterocycles. The average molecular weight is 452 g/mol. The fraction of sp³-hybridized carbons (Fsp3) is 0. The molecule has 0 fully saturated rings. The van der Waals surface area contributed by atoms with E-state index in [1.807, 2.05) is 84.9 Å². The van der Waals surface area contributed by atoms with Crippen LogP contribution in [0.4, 0.5) is 0 Å². The Morgan fingerprint density at radius 2 is 1.29 bits per heavy atom. The number of amides is 1. The molecule has 166 valence electrons. The molecule has 0 atom stereocenters. The van der Waals surface area contributed by atoms with E-state index in [0.717, 1.165) is 49.3 Å². The fourth-order valence-corrected chi connectivity index (χ4v) is 4.52. The van der Waals surface area contributed by atoms with Gasteiger partial charge >= 0.3 is 0 Å². The lowest BCUT2D eigenvalue weighted by Gasteiger charge is -2.10. The number of nitrogens with zero attached hydrogens (tertiary/aromatic N) is 2. The van der Waals surface area contributed by atoms with E-state index >= 15 is 0 Å². The minimum absolute atomic E-state index is 0.276. The second kappa shape index (κ2) is 8.84. The van der Waals surface area contributed by atoms with Crippen molar-refractivity contribution in [2.24, 2.45) is 5.10 Å². The lowest BCUT2D eigenvalue weighted by molar-refractivity contribution is 0.0956. The van der Waals surface area contributed by atoms with Gasteiger partial charge in [-0.05, 0) is 39.7 Å². The Morgan fingerprint density at radius 1 is 0.686 bits per heavy atom. The van der Waals surface area contributed by atoms with Crippen molar-refractivity contribution in [3.63, 3.8) is 0 Å². The highest BCUT2D eigenvalue weighted by molar-refractivity contribution is 6.14. The van der Waals surface area contributed by atoms with Crippen molar-refractivity contribution >= 4 is 44.6 Å². The van der Waals surface area contributed by atoms with Gasteiger partial charge in [0, 0.05) is 16.5 Å². The van der Waals surface area contributed by atoms with Gasteiger partial charge in [-0.15, -0.1) is 0 Å². The molecule has 0 aliphatic heterocycles. The van der Waals surface area contributed by atoms with Gasteiger partial charge in [0.2, 0.25) is 0 Å². The van der Waals surface area contributed by atoms with Crippen LogP contribution in [-0.2, 0) is 0 Å². The summed E-state index contributed by atoms with van der Waals surface area (Å²) in [5.74, 6) is -0.276. The highest BCUT2D eigenvalue weighted by Gasteiger charge is 2.14. The number of fused-ring (bicyclic) bond motifs is 3. The van der Waals surface area contributed by atoms with Gasteiger partial charge in [-0.25, -0.2) is 10.4 Å². The molecule has 0 aliphatic rings. The van der Waals surface area contributed by atoms with Crippen LogP contribution < -0.4 is 5.43 Å². The maximum atomic E-state index is 13.3. The number of carbonyl (C=O) groups excluding carboxylic acids is 1. The van der Waals surface area contributed by atoms with Gasteiger partial charge in [0.25, 0.3) is 5.91 Å². The first-order chi connectivity index (χ1) is 17.3. The van der Waals surface area contributed by atoms with Crippen molar-refractivity contribution in [2.75, 3.05) is 0 Å². The monoisotopic (exact) mass is 451 g/mol. The molecule has 5 aromatic carbocycles. The zero-order valence-corrected chi connectivity index (χ0v) is 18.8. The summed E-state index contributed by atoms with van der Waals surface area (Å²) in [5.41, 5.74) is 6.73. The van der Waals surface area contributed by atoms with Crippen LogP contribution >= 0.6 is 0 Å². The summed E-state index contributed by atoms with van der Waals surface area (Å²) in [6.45, 7) is 0. The van der Waals surface area contributed by atoms with E-state index in [9.17, 15) is 4.79 Å². The number of hydrazone groups is 1. The largest absolute Gasteiger partial charge is 0.272 e. The van der Waals surface area contributed by atoms with E-state index in [4.69, 9.17) is 4.98 Å². The molecule has 6 aromatic rings. The molecule has 0 aliphatic carbocycles. The van der Waals surface area contributed by atoms with Crippen molar-refractivity contribution in [2.45, 2.75) is 0 Å². The third-order valence-corrected chi connectivity index (χ3v) is 6.20. The highest BCUT2D eigenvalue weighted by Crippen LogP contribution is 2.28. The molecule has 4 heteroatoms. The molecular weight excluding hydrogens is 430 g/mol. The van der Waals surface area contributed by atoms with Crippen LogP contribution in [-0.4, -0.2) is 17.1 Å². The Kier molecular flexibility index (Phi) is 5.24. The molecule has 0 spiro atoms.